The summed E-state index contributed by atoms with van der Waals surface area (Å²) < 4.78 is 4.11. The van der Waals surface area contributed by atoms with Gasteiger partial charge in [-0.25, -0.2) is 24.4 Å². The van der Waals surface area contributed by atoms with Crippen LogP contribution in [0.1, 0.15) is 102 Å². The molecule has 0 aliphatic rings. The summed E-state index contributed by atoms with van der Waals surface area (Å²) in [6.45, 7) is 16.4. The predicted octanol–water partition coefficient (Wildman–Crippen LogP) is 1.83. The number of nitrogens with zero attached hydrogens (tertiary/aromatic N) is 5. The van der Waals surface area contributed by atoms with Crippen LogP contribution in [0.15, 0.2) is 24.8 Å². The van der Waals surface area contributed by atoms with Gasteiger partial charge in [-0.05, 0) is 45.1 Å². The average molecular weight is 961 g/mol. The molecule has 2 atom stereocenters. The maximum atomic E-state index is 12.2. The fourth-order valence-corrected chi connectivity index (χ4v) is 5.32. The van der Waals surface area contributed by atoms with Crippen molar-refractivity contribution in [2.75, 3.05) is 13.1 Å². The molecule has 2 rings (SSSR count). The van der Waals surface area contributed by atoms with E-state index in [0.29, 0.717) is 25.8 Å². The van der Waals surface area contributed by atoms with Crippen molar-refractivity contribution < 1.29 is 74.1 Å². The van der Waals surface area contributed by atoms with Crippen LogP contribution in [0, 0.1) is 0 Å². The molecule has 6 N–H and O–H groups in total. The van der Waals surface area contributed by atoms with Gasteiger partial charge in [0.1, 0.15) is 23.7 Å². The SMILES string of the molecule is Cn1ccnc1CN(CCCCCCCCCCC(=O)NCCCCC(NC(=O)N[C@@H](CCC(=O)O)C(=O)O)C(=O)O)Cc1nccn1C.[C-]=O.[C-]=O.[C-]=O.[Re]. The third-order valence-corrected chi connectivity index (χ3v) is 8.30. The number of carbonyl (C=O) groups is 5. The number of hydrogen-bond donors (Lipinski definition) is 6. The molecule has 2 heterocycles. The van der Waals surface area contributed by atoms with Gasteiger partial charge in [0, 0.05) is 78.7 Å². The van der Waals surface area contributed by atoms with E-state index < -0.39 is 42.4 Å². The summed E-state index contributed by atoms with van der Waals surface area (Å²) >= 11 is 0. The van der Waals surface area contributed by atoms with Gasteiger partial charge in [-0.15, -0.1) is 0 Å². The molecule has 0 fully saturated rings. The summed E-state index contributed by atoms with van der Waals surface area (Å²) in [5.41, 5.74) is 0. The van der Waals surface area contributed by atoms with Gasteiger partial charge in [-0.3, -0.25) is 14.5 Å². The normalized spacial score (nSPS) is 11.1. The zero-order valence-corrected chi connectivity index (χ0v) is 34.6. The van der Waals surface area contributed by atoms with E-state index >= 15 is 0 Å². The Morgan fingerprint density at radius 1 is 0.661 bits per heavy atom. The molecular formula is C36H54N8O11Re-3. The van der Waals surface area contributed by atoms with Gasteiger partial charge in [0.15, 0.2) is 0 Å². The van der Waals surface area contributed by atoms with Crippen LogP contribution < -0.4 is 16.0 Å². The largest absolute Gasteiger partial charge is 0.573 e. The third-order valence-electron chi connectivity index (χ3n) is 8.30. The maximum Gasteiger partial charge on any atom is 0.326 e. The van der Waals surface area contributed by atoms with Crippen molar-refractivity contribution in [2.24, 2.45) is 14.1 Å². The Hall–Kier alpha value is -4.80. The number of amides is 3. The number of carbonyl (C=O) groups excluding carboxylic acids is 5. The second-order valence-electron chi connectivity index (χ2n) is 12.4. The third kappa shape index (κ3) is 26.9. The first-order valence-electron chi connectivity index (χ1n) is 17.7. The molecular weight excluding hydrogens is 907 g/mol. The van der Waals surface area contributed by atoms with E-state index in [-0.39, 0.29) is 39.2 Å². The number of carboxylic acids is 3. The molecule has 0 bridgehead atoms. The number of imidazole rings is 2. The minimum atomic E-state index is -1.46. The average Bonchev–Trinajstić information content (AvgIpc) is 3.77. The summed E-state index contributed by atoms with van der Waals surface area (Å²) in [4.78, 5) is 91.6. The predicted molar refractivity (Wildman–Crippen MR) is 197 cm³/mol. The van der Waals surface area contributed by atoms with Crippen molar-refractivity contribution in [3.63, 3.8) is 0 Å². The fourth-order valence-electron chi connectivity index (χ4n) is 5.32. The van der Waals surface area contributed by atoms with Crippen molar-refractivity contribution in [3.8, 4) is 0 Å². The van der Waals surface area contributed by atoms with Gasteiger partial charge >= 0.3 is 23.9 Å². The molecule has 3 amide bonds. The van der Waals surface area contributed by atoms with Crippen LogP contribution in [0.4, 0.5) is 4.79 Å². The molecule has 0 aliphatic heterocycles. The van der Waals surface area contributed by atoms with Crippen LogP contribution in [0.2, 0.25) is 0 Å². The van der Waals surface area contributed by atoms with E-state index in [1.807, 2.05) is 38.9 Å². The molecule has 0 aliphatic carbocycles. The molecule has 1 unspecified atom stereocenters. The number of urea groups is 1. The molecule has 2 aromatic heterocycles. The topological polar surface area (TPSA) is 272 Å². The fraction of sp³-hybridized carbons (Fsp3) is 0.611. The Labute approximate surface area is 342 Å². The first-order chi connectivity index (χ1) is 26.5. The van der Waals surface area contributed by atoms with Crippen molar-refractivity contribution in [1.82, 2.24) is 40.0 Å². The zero-order chi connectivity index (χ0) is 42.0. The van der Waals surface area contributed by atoms with Gasteiger partial charge < -0.3 is 75.2 Å². The first kappa shape index (κ1) is 55.5. The molecule has 0 aromatic carbocycles. The van der Waals surface area contributed by atoms with E-state index in [1.54, 1.807) is 0 Å². The zero-order valence-electron chi connectivity index (χ0n) is 31.9. The first-order valence-corrected chi connectivity index (χ1v) is 17.7. The minimum Gasteiger partial charge on any atom is -0.573 e. The molecule has 0 spiro atoms. The number of hydrogen-bond acceptors (Lipinski definition) is 11. The smallest absolute Gasteiger partial charge is 0.326 e. The number of aromatic nitrogens is 4. The molecule has 19 nitrogen and oxygen atoms in total. The van der Waals surface area contributed by atoms with E-state index in [0.717, 1.165) is 69.8 Å². The van der Waals surface area contributed by atoms with Crippen LogP contribution >= 0.6 is 0 Å². The number of nitrogens with one attached hydrogen (secondary N) is 3. The second-order valence-corrected chi connectivity index (χ2v) is 12.4. The van der Waals surface area contributed by atoms with Crippen molar-refractivity contribution in [1.29, 1.82) is 0 Å². The Balaban J connectivity index is -0.00000382. The summed E-state index contributed by atoms with van der Waals surface area (Å²) in [6.07, 6.45) is 16.9. The van der Waals surface area contributed by atoms with Gasteiger partial charge in [-0.1, -0.05) is 38.5 Å². The Morgan fingerprint density at radius 2 is 1.11 bits per heavy atom. The number of aliphatic carboxylic acids is 3. The van der Waals surface area contributed by atoms with Gasteiger partial charge in [0.25, 0.3) is 0 Å². The molecule has 2 aromatic rings. The van der Waals surface area contributed by atoms with Crippen LogP contribution in [-0.2, 0) is 81.2 Å². The summed E-state index contributed by atoms with van der Waals surface area (Å²) in [5, 5.41) is 34.4. The van der Waals surface area contributed by atoms with Crippen LogP contribution in [0.3, 0.4) is 0 Å². The van der Waals surface area contributed by atoms with Crippen molar-refractivity contribution in [3.05, 3.63) is 36.4 Å². The monoisotopic (exact) mass is 961 g/mol. The molecule has 314 valence electrons. The Kier molecular flexibility index (Phi) is 35.6. The summed E-state index contributed by atoms with van der Waals surface area (Å²) in [7, 11) is 4.03. The number of carboxylic acid groups (broad SMARTS) is 3. The Morgan fingerprint density at radius 3 is 1.54 bits per heavy atom. The van der Waals surface area contributed by atoms with Gasteiger partial charge in [0.05, 0.1) is 13.1 Å². The summed E-state index contributed by atoms with van der Waals surface area (Å²) in [6, 6.07) is -3.72. The van der Waals surface area contributed by atoms with Gasteiger partial charge in [-0.2, -0.15) is 0 Å². The molecule has 0 saturated heterocycles. The van der Waals surface area contributed by atoms with E-state index in [1.165, 1.54) is 12.8 Å². The van der Waals surface area contributed by atoms with E-state index in [9.17, 15) is 29.1 Å². The molecule has 0 saturated carbocycles. The van der Waals surface area contributed by atoms with Gasteiger partial charge in [0.2, 0.25) is 5.91 Å². The standard InChI is InChI=1S/C33H54N8O8.3CO.Re/c1-39-21-18-34-27(39)23-41(24-28-35-19-22-40(28)2)20-12-8-6-4-3-5-7-9-14-29(42)36-17-11-10-13-25(31(45)46)37-33(49)38-26(32(47)48)15-16-30(43)44;3*1-2;/h18-19,21-22,25-26H,3-17,20,23-24H2,1-2H3,(H,36,42)(H,43,44)(H,45,46)(H,47,48)(H2,37,38,49);;;;/q;3*-1;/t25?,26-;;;;/m0..../s1. The van der Waals surface area contributed by atoms with E-state index in [4.69, 9.17) is 24.6 Å². The number of unbranched alkanes of at least 4 members (excludes halogenated alkanes) is 8. The van der Waals surface area contributed by atoms with E-state index in [2.05, 4.69) is 60.3 Å². The summed E-state index contributed by atoms with van der Waals surface area (Å²) in [5.74, 6) is -1.88. The Bertz CT molecular complexity index is 1330. The van der Waals surface area contributed by atoms with Crippen LogP contribution in [-0.4, -0.2) is 115 Å². The number of aryl methyl sites for hydroxylation is 2. The van der Waals surface area contributed by atoms with Crippen molar-refractivity contribution in [2.45, 2.75) is 115 Å². The second kappa shape index (κ2) is 35.9. The van der Waals surface area contributed by atoms with Crippen LogP contribution in [0.5, 0.6) is 0 Å². The molecule has 4 radical (unpaired) electrons. The maximum absolute atomic E-state index is 12.2. The molecule has 20 heteroatoms. The quantitative estimate of drug-likeness (QED) is 0.0551. The van der Waals surface area contributed by atoms with Crippen molar-refractivity contribution >= 4 is 50.2 Å². The minimum absolute atomic E-state index is 0. The molecule has 56 heavy (non-hydrogen) atoms. The van der Waals surface area contributed by atoms with Crippen LogP contribution in [0.25, 0.3) is 0 Å². The number of rotatable bonds is 27.